The third kappa shape index (κ3) is 3.52. The van der Waals surface area contributed by atoms with E-state index in [-0.39, 0.29) is 29.1 Å². The highest BCUT2D eigenvalue weighted by molar-refractivity contribution is 5.94. The van der Waals surface area contributed by atoms with Crippen LogP contribution in [0, 0.1) is 0 Å². The van der Waals surface area contributed by atoms with Gasteiger partial charge in [0.1, 0.15) is 0 Å². The van der Waals surface area contributed by atoms with Crippen molar-refractivity contribution < 1.29 is 4.79 Å². The fraction of sp³-hybridized carbons (Fsp3) is 0.500. The monoisotopic (exact) mass is 393 g/mol. The smallest absolute Gasteiger partial charge is 0.256 e. The molecule has 4 rings (SSSR count). The maximum Gasteiger partial charge on any atom is 0.256 e. The fourth-order valence-electron chi connectivity index (χ4n) is 5.23. The molecule has 5 nitrogen and oxygen atoms in total. The normalized spacial score (nSPS) is 27.9. The van der Waals surface area contributed by atoms with Crippen molar-refractivity contribution in [2.75, 3.05) is 13.6 Å². The summed E-state index contributed by atoms with van der Waals surface area (Å²) >= 11 is 0. The highest BCUT2D eigenvalue weighted by atomic mass is 16.2. The molecule has 3 atom stereocenters. The molecular formula is C24H31N3O2. The summed E-state index contributed by atoms with van der Waals surface area (Å²) in [5.41, 5.74) is 1.61. The Morgan fingerprint density at radius 2 is 1.79 bits per heavy atom. The standard InChI is InChI=1S/C24H31N3O2/c1-24-16-20(18-10-6-4-7-11-18)27(21(24)12-8-5-9-15-26(24)3)23(29)19-13-14-22(28)25(2)17-19/h4,6-7,10-11,13-14,17,20-21H,5,8-9,12,15-16H2,1-3H3/t20-,21-,24-/m0/s1. The molecule has 29 heavy (non-hydrogen) atoms. The Hall–Kier alpha value is -2.40. The highest BCUT2D eigenvalue weighted by Crippen LogP contribution is 2.48. The van der Waals surface area contributed by atoms with Crippen LogP contribution in [0.4, 0.5) is 0 Å². The second-order valence-electron chi connectivity index (χ2n) is 8.85. The van der Waals surface area contributed by atoms with Gasteiger partial charge in [0.15, 0.2) is 0 Å². The lowest BCUT2D eigenvalue weighted by molar-refractivity contribution is 0.0452. The first-order valence-electron chi connectivity index (χ1n) is 10.7. The van der Waals surface area contributed by atoms with E-state index in [0.717, 1.165) is 25.8 Å². The molecule has 0 unspecified atom stereocenters. The van der Waals surface area contributed by atoms with E-state index >= 15 is 0 Å². The number of rotatable bonds is 2. The first kappa shape index (κ1) is 19.9. The average molecular weight is 394 g/mol. The summed E-state index contributed by atoms with van der Waals surface area (Å²) in [6.45, 7) is 3.39. The molecule has 2 saturated heterocycles. The van der Waals surface area contributed by atoms with Crippen LogP contribution < -0.4 is 5.56 Å². The number of amides is 1. The molecule has 2 aliphatic heterocycles. The van der Waals surface area contributed by atoms with Crippen molar-refractivity contribution in [1.82, 2.24) is 14.4 Å². The number of aromatic nitrogens is 1. The van der Waals surface area contributed by atoms with E-state index in [4.69, 9.17) is 0 Å². The lowest BCUT2D eigenvalue weighted by atomic mass is 9.84. The molecule has 1 amide bonds. The molecule has 5 heteroatoms. The van der Waals surface area contributed by atoms with E-state index < -0.39 is 0 Å². The van der Waals surface area contributed by atoms with E-state index in [1.165, 1.54) is 29.0 Å². The van der Waals surface area contributed by atoms with Gasteiger partial charge in [-0.3, -0.25) is 14.5 Å². The van der Waals surface area contributed by atoms with Crippen LogP contribution in [-0.2, 0) is 7.05 Å². The molecule has 3 heterocycles. The Bertz CT molecular complexity index is 939. The topological polar surface area (TPSA) is 45.6 Å². The van der Waals surface area contributed by atoms with Crippen molar-refractivity contribution in [2.45, 2.75) is 56.7 Å². The molecule has 0 spiro atoms. The summed E-state index contributed by atoms with van der Waals surface area (Å²) in [4.78, 5) is 30.2. The van der Waals surface area contributed by atoms with Gasteiger partial charge in [-0.2, -0.15) is 0 Å². The Labute approximate surface area is 172 Å². The molecule has 0 aliphatic carbocycles. The molecule has 0 radical (unpaired) electrons. The van der Waals surface area contributed by atoms with Gasteiger partial charge in [0.25, 0.3) is 5.91 Å². The third-order valence-electron chi connectivity index (χ3n) is 7.09. The van der Waals surface area contributed by atoms with E-state index in [1.807, 2.05) is 6.07 Å². The van der Waals surface area contributed by atoms with Crippen LogP contribution in [-0.4, -0.2) is 45.4 Å². The molecule has 2 aliphatic rings. The van der Waals surface area contributed by atoms with Gasteiger partial charge in [0.2, 0.25) is 5.56 Å². The van der Waals surface area contributed by atoms with Gasteiger partial charge in [0.05, 0.1) is 17.6 Å². The largest absolute Gasteiger partial charge is 0.327 e. The van der Waals surface area contributed by atoms with Gasteiger partial charge in [-0.1, -0.05) is 43.2 Å². The summed E-state index contributed by atoms with van der Waals surface area (Å²) in [5, 5.41) is 0. The predicted octanol–water partition coefficient (Wildman–Crippen LogP) is 3.61. The Balaban J connectivity index is 1.80. The van der Waals surface area contributed by atoms with Crippen molar-refractivity contribution in [1.29, 1.82) is 0 Å². The zero-order valence-corrected chi connectivity index (χ0v) is 17.7. The summed E-state index contributed by atoms with van der Waals surface area (Å²) < 4.78 is 1.49. The summed E-state index contributed by atoms with van der Waals surface area (Å²) in [5.74, 6) is 0.0251. The van der Waals surface area contributed by atoms with E-state index in [1.54, 1.807) is 19.3 Å². The van der Waals surface area contributed by atoms with Crippen molar-refractivity contribution in [3.63, 3.8) is 0 Å². The molecule has 0 N–H and O–H groups in total. The number of benzene rings is 1. The lowest BCUT2D eigenvalue weighted by Gasteiger charge is -2.43. The Morgan fingerprint density at radius 1 is 1.03 bits per heavy atom. The number of aryl methyl sites for hydroxylation is 1. The van der Waals surface area contributed by atoms with Gasteiger partial charge in [-0.15, -0.1) is 0 Å². The minimum Gasteiger partial charge on any atom is -0.327 e. The van der Waals surface area contributed by atoms with E-state index in [9.17, 15) is 9.59 Å². The summed E-state index contributed by atoms with van der Waals surface area (Å²) in [6, 6.07) is 13.8. The van der Waals surface area contributed by atoms with E-state index in [2.05, 4.69) is 48.0 Å². The second-order valence-corrected chi connectivity index (χ2v) is 8.85. The predicted molar refractivity (Wildman–Crippen MR) is 115 cm³/mol. The Kier molecular flexibility index (Phi) is 5.34. The molecule has 2 aromatic rings. The maximum atomic E-state index is 13.8. The number of nitrogens with zero attached hydrogens (tertiary/aromatic N) is 3. The third-order valence-corrected chi connectivity index (χ3v) is 7.09. The lowest BCUT2D eigenvalue weighted by Crippen LogP contribution is -2.55. The van der Waals surface area contributed by atoms with Crippen LogP contribution in [0.15, 0.2) is 53.5 Å². The molecule has 0 saturated carbocycles. The molecule has 2 fully saturated rings. The Morgan fingerprint density at radius 3 is 2.52 bits per heavy atom. The van der Waals surface area contributed by atoms with Crippen LogP contribution in [0.25, 0.3) is 0 Å². The van der Waals surface area contributed by atoms with Crippen LogP contribution in [0.2, 0.25) is 0 Å². The highest BCUT2D eigenvalue weighted by Gasteiger charge is 2.53. The maximum absolute atomic E-state index is 13.8. The quantitative estimate of drug-likeness (QED) is 0.783. The molecule has 154 valence electrons. The molecule has 1 aromatic carbocycles. The van der Waals surface area contributed by atoms with Gasteiger partial charge < -0.3 is 9.47 Å². The van der Waals surface area contributed by atoms with Gasteiger partial charge in [0, 0.05) is 24.8 Å². The summed E-state index contributed by atoms with van der Waals surface area (Å²) in [7, 11) is 3.91. The van der Waals surface area contributed by atoms with Crippen LogP contribution in [0.3, 0.4) is 0 Å². The first-order chi connectivity index (χ1) is 13.9. The SMILES string of the molecule is CN1CCCCC[C@@H]2N(C(=O)c3ccc(=O)n(C)c3)[C@H](c3ccccc3)C[C@@]21C. The minimum atomic E-state index is -0.0990. The molecule has 1 aromatic heterocycles. The van der Waals surface area contributed by atoms with Crippen molar-refractivity contribution in [3.8, 4) is 0 Å². The van der Waals surface area contributed by atoms with Crippen LogP contribution >= 0.6 is 0 Å². The van der Waals surface area contributed by atoms with Crippen molar-refractivity contribution in [3.05, 3.63) is 70.1 Å². The number of hydrogen-bond acceptors (Lipinski definition) is 3. The number of hydrogen-bond donors (Lipinski definition) is 0. The van der Waals surface area contributed by atoms with Crippen LogP contribution in [0.1, 0.15) is 61.0 Å². The minimum absolute atomic E-state index is 0.0251. The van der Waals surface area contributed by atoms with Crippen molar-refractivity contribution >= 4 is 5.91 Å². The number of likely N-dealkylation sites (tertiary alicyclic amines) is 2. The van der Waals surface area contributed by atoms with Gasteiger partial charge in [-0.25, -0.2) is 0 Å². The number of carbonyl (C=O) groups excluding carboxylic acids is 1. The average Bonchev–Trinajstić information content (AvgIpc) is 3.02. The fourth-order valence-corrected chi connectivity index (χ4v) is 5.23. The zero-order valence-electron chi connectivity index (χ0n) is 17.7. The number of fused-ring (bicyclic) bond motifs is 1. The number of likely N-dealkylation sites (N-methyl/N-ethyl adjacent to an activating group) is 1. The van der Waals surface area contributed by atoms with Crippen LogP contribution in [0.5, 0.6) is 0 Å². The van der Waals surface area contributed by atoms with Crippen molar-refractivity contribution in [2.24, 2.45) is 7.05 Å². The second kappa shape index (κ2) is 7.79. The van der Waals surface area contributed by atoms with E-state index in [0.29, 0.717) is 5.56 Å². The van der Waals surface area contributed by atoms with Gasteiger partial charge in [-0.05, 0) is 51.4 Å². The summed E-state index contributed by atoms with van der Waals surface area (Å²) in [6.07, 6.45) is 7.18. The number of pyridine rings is 1. The molecular weight excluding hydrogens is 362 g/mol. The van der Waals surface area contributed by atoms with Gasteiger partial charge >= 0.3 is 0 Å². The zero-order chi connectivity index (χ0) is 20.6. The number of carbonyl (C=O) groups is 1. The first-order valence-corrected chi connectivity index (χ1v) is 10.7. The molecule has 0 bridgehead atoms.